The van der Waals surface area contributed by atoms with E-state index in [0.29, 0.717) is 12.5 Å². The molecular formula is C23H27F3N2O3. The molecule has 168 valence electrons. The molecule has 5 nitrogen and oxygen atoms in total. The highest BCUT2D eigenvalue weighted by Gasteiger charge is 2.34. The zero-order chi connectivity index (χ0) is 22.3. The van der Waals surface area contributed by atoms with E-state index in [-0.39, 0.29) is 5.75 Å². The molecule has 0 radical (unpaired) electrons. The van der Waals surface area contributed by atoms with Gasteiger partial charge in [-0.3, -0.25) is 9.69 Å². The number of methoxy groups -OCH3 is 1. The number of amides is 1. The van der Waals surface area contributed by atoms with Gasteiger partial charge < -0.3 is 14.8 Å². The van der Waals surface area contributed by atoms with E-state index < -0.39 is 24.3 Å². The highest BCUT2D eigenvalue weighted by atomic mass is 19.4. The Kier molecular flexibility index (Phi) is 7.79. The van der Waals surface area contributed by atoms with Crippen LogP contribution in [0.15, 0.2) is 48.5 Å². The van der Waals surface area contributed by atoms with Crippen LogP contribution in [0.25, 0.3) is 0 Å². The monoisotopic (exact) mass is 436 g/mol. The summed E-state index contributed by atoms with van der Waals surface area (Å²) in [5.41, 5.74) is 0.343. The van der Waals surface area contributed by atoms with Crippen LogP contribution < -0.4 is 14.8 Å². The van der Waals surface area contributed by atoms with E-state index in [2.05, 4.69) is 22.3 Å². The number of benzene rings is 2. The van der Waals surface area contributed by atoms with Gasteiger partial charge in [0.25, 0.3) is 5.91 Å². The van der Waals surface area contributed by atoms with Crippen LogP contribution in [0.5, 0.6) is 11.5 Å². The zero-order valence-electron chi connectivity index (χ0n) is 17.5. The minimum Gasteiger partial charge on any atom is -0.497 e. The molecule has 3 rings (SSSR count). The van der Waals surface area contributed by atoms with Gasteiger partial charge in [0.05, 0.1) is 12.7 Å². The minimum absolute atomic E-state index is 0.336. The van der Waals surface area contributed by atoms with Gasteiger partial charge in [0.2, 0.25) is 0 Å². The Balaban J connectivity index is 1.37. The summed E-state index contributed by atoms with van der Waals surface area (Å²) in [6.07, 6.45) is -2.62. The topological polar surface area (TPSA) is 50.8 Å². The Hall–Kier alpha value is -2.74. The van der Waals surface area contributed by atoms with Crippen molar-refractivity contribution in [3.8, 4) is 11.5 Å². The van der Waals surface area contributed by atoms with Crippen LogP contribution in [0.1, 0.15) is 24.0 Å². The maximum Gasteiger partial charge on any atom is 0.419 e. The Bertz CT molecular complexity index is 848. The lowest BCUT2D eigenvalue weighted by Crippen LogP contribution is -2.39. The van der Waals surface area contributed by atoms with E-state index in [9.17, 15) is 18.0 Å². The molecule has 1 saturated heterocycles. The summed E-state index contributed by atoms with van der Waals surface area (Å²) in [5.74, 6) is 0.428. The zero-order valence-corrected chi connectivity index (χ0v) is 17.5. The maximum absolute atomic E-state index is 13.0. The molecule has 0 saturated carbocycles. The van der Waals surface area contributed by atoms with Crippen LogP contribution in [0.4, 0.5) is 13.2 Å². The Morgan fingerprint density at radius 2 is 1.77 bits per heavy atom. The molecule has 0 aliphatic carbocycles. The van der Waals surface area contributed by atoms with Crippen molar-refractivity contribution in [3.05, 3.63) is 59.7 Å². The molecule has 0 atom stereocenters. The molecule has 2 aromatic carbocycles. The van der Waals surface area contributed by atoms with Gasteiger partial charge in [0.1, 0.15) is 11.5 Å². The molecule has 1 amide bonds. The first kappa shape index (κ1) is 22.9. The lowest BCUT2D eigenvalue weighted by Gasteiger charge is -2.32. The number of carbonyl (C=O) groups excluding carboxylic acids is 1. The van der Waals surface area contributed by atoms with Gasteiger partial charge in [0.15, 0.2) is 6.61 Å². The molecule has 2 aromatic rings. The lowest BCUT2D eigenvalue weighted by atomic mass is 9.96. The van der Waals surface area contributed by atoms with Crippen molar-refractivity contribution in [2.75, 3.05) is 33.4 Å². The molecule has 8 heteroatoms. The van der Waals surface area contributed by atoms with E-state index in [1.54, 1.807) is 7.11 Å². The summed E-state index contributed by atoms with van der Waals surface area (Å²) in [7, 11) is 1.64. The number of ether oxygens (including phenoxy) is 2. The second-order valence-electron chi connectivity index (χ2n) is 7.65. The number of hydrogen-bond acceptors (Lipinski definition) is 4. The van der Waals surface area contributed by atoms with Crippen LogP contribution in [0.2, 0.25) is 0 Å². The average Bonchev–Trinajstić information content (AvgIpc) is 2.77. The highest BCUT2D eigenvalue weighted by molar-refractivity contribution is 5.77. The molecular weight excluding hydrogens is 409 g/mol. The summed E-state index contributed by atoms with van der Waals surface area (Å²) < 4.78 is 49.2. The molecule has 1 fully saturated rings. The largest absolute Gasteiger partial charge is 0.497 e. The fraction of sp³-hybridized carbons (Fsp3) is 0.435. The molecule has 1 aliphatic heterocycles. The van der Waals surface area contributed by atoms with Gasteiger partial charge in [-0.05, 0) is 61.7 Å². The molecule has 0 bridgehead atoms. The van der Waals surface area contributed by atoms with E-state index >= 15 is 0 Å². The van der Waals surface area contributed by atoms with Gasteiger partial charge in [-0.15, -0.1) is 0 Å². The molecule has 31 heavy (non-hydrogen) atoms. The third-order valence-corrected chi connectivity index (χ3v) is 5.41. The van der Waals surface area contributed by atoms with Crippen LogP contribution >= 0.6 is 0 Å². The number of alkyl halides is 3. The first-order valence-corrected chi connectivity index (χ1v) is 10.3. The van der Waals surface area contributed by atoms with Gasteiger partial charge in [-0.25, -0.2) is 0 Å². The Labute approximate surface area is 180 Å². The maximum atomic E-state index is 13.0. The molecule has 1 aliphatic rings. The van der Waals surface area contributed by atoms with Gasteiger partial charge in [0, 0.05) is 13.1 Å². The van der Waals surface area contributed by atoms with Crippen molar-refractivity contribution < 1.29 is 27.4 Å². The second-order valence-corrected chi connectivity index (χ2v) is 7.65. The van der Waals surface area contributed by atoms with E-state index in [1.165, 1.54) is 23.8 Å². The fourth-order valence-electron chi connectivity index (χ4n) is 3.62. The first-order valence-electron chi connectivity index (χ1n) is 10.3. The van der Waals surface area contributed by atoms with E-state index in [4.69, 9.17) is 9.47 Å². The predicted octanol–water partition coefficient (Wildman–Crippen LogP) is 4.12. The normalized spacial score (nSPS) is 15.5. The molecule has 0 spiro atoms. The van der Waals surface area contributed by atoms with Crippen molar-refractivity contribution in [1.82, 2.24) is 10.2 Å². The van der Waals surface area contributed by atoms with Crippen molar-refractivity contribution >= 4 is 5.91 Å². The Morgan fingerprint density at radius 3 is 2.42 bits per heavy atom. The van der Waals surface area contributed by atoms with E-state index in [0.717, 1.165) is 44.3 Å². The number of carbonyl (C=O) groups is 1. The van der Waals surface area contributed by atoms with Crippen LogP contribution in [-0.4, -0.2) is 44.2 Å². The SMILES string of the molecule is COc1ccc(CN2CCC(CNC(=O)COc3ccccc3C(F)(F)F)CC2)cc1. The summed E-state index contributed by atoms with van der Waals surface area (Å²) >= 11 is 0. The van der Waals surface area contributed by atoms with Gasteiger partial charge in [-0.1, -0.05) is 24.3 Å². The lowest BCUT2D eigenvalue weighted by molar-refractivity contribution is -0.139. The third-order valence-electron chi connectivity index (χ3n) is 5.41. The number of nitrogens with one attached hydrogen (secondary N) is 1. The number of piperidine rings is 1. The van der Waals surface area contributed by atoms with Crippen molar-refractivity contribution in [2.45, 2.75) is 25.6 Å². The highest BCUT2D eigenvalue weighted by Crippen LogP contribution is 2.35. The first-order chi connectivity index (χ1) is 14.8. The quantitative estimate of drug-likeness (QED) is 0.677. The number of likely N-dealkylation sites (tertiary alicyclic amines) is 1. The number of para-hydroxylation sites is 1. The van der Waals surface area contributed by atoms with Gasteiger partial charge >= 0.3 is 6.18 Å². The Morgan fingerprint density at radius 1 is 1.10 bits per heavy atom. The van der Waals surface area contributed by atoms with Crippen LogP contribution in [0.3, 0.4) is 0 Å². The summed E-state index contributed by atoms with van der Waals surface area (Å²) in [6, 6.07) is 12.9. The number of halogens is 3. The van der Waals surface area contributed by atoms with Gasteiger partial charge in [-0.2, -0.15) is 13.2 Å². The molecule has 0 unspecified atom stereocenters. The number of nitrogens with zero attached hydrogens (tertiary/aromatic N) is 1. The molecule has 1 N–H and O–H groups in total. The summed E-state index contributed by atoms with van der Waals surface area (Å²) in [6.45, 7) is 2.79. The second kappa shape index (κ2) is 10.5. The molecule has 0 aromatic heterocycles. The minimum atomic E-state index is -4.52. The number of hydrogen-bond donors (Lipinski definition) is 1. The van der Waals surface area contributed by atoms with Crippen molar-refractivity contribution in [1.29, 1.82) is 0 Å². The smallest absolute Gasteiger partial charge is 0.419 e. The van der Waals surface area contributed by atoms with Crippen molar-refractivity contribution in [3.63, 3.8) is 0 Å². The molecule has 1 heterocycles. The summed E-state index contributed by atoms with van der Waals surface area (Å²) in [4.78, 5) is 14.4. The predicted molar refractivity (Wildman–Crippen MR) is 111 cm³/mol. The third kappa shape index (κ3) is 6.89. The summed E-state index contributed by atoms with van der Waals surface area (Å²) in [5, 5.41) is 2.78. The van der Waals surface area contributed by atoms with Crippen molar-refractivity contribution in [2.24, 2.45) is 5.92 Å². The standard InChI is InChI=1S/C23H27F3N2O3/c1-30-19-8-6-18(7-9-19)15-28-12-10-17(11-13-28)14-27-22(29)16-31-21-5-3-2-4-20(21)23(24,25)26/h2-9,17H,10-16H2,1H3,(H,27,29). The fourth-order valence-corrected chi connectivity index (χ4v) is 3.62. The van der Waals surface area contributed by atoms with Crippen LogP contribution in [0, 0.1) is 5.92 Å². The van der Waals surface area contributed by atoms with Crippen LogP contribution in [-0.2, 0) is 17.5 Å². The number of rotatable bonds is 8. The van der Waals surface area contributed by atoms with E-state index in [1.807, 2.05) is 12.1 Å². The average molecular weight is 436 g/mol.